The highest BCUT2D eigenvalue weighted by Gasteiger charge is 2.08. The van der Waals surface area contributed by atoms with Crippen LogP contribution in [0.5, 0.6) is 0 Å². The van der Waals surface area contributed by atoms with Crippen LogP contribution in [0.25, 0.3) is 0 Å². The second-order valence-electron chi connectivity index (χ2n) is 3.86. The fourth-order valence-corrected chi connectivity index (χ4v) is 1.63. The molecule has 0 saturated carbocycles. The van der Waals surface area contributed by atoms with E-state index in [1.54, 1.807) is 48.5 Å². The Bertz CT molecular complexity index is 529. The molecule has 2 aromatic carbocycles. The lowest BCUT2D eigenvalue weighted by atomic mass is 10.0. The monoisotopic (exact) mass is 236 g/mol. The van der Waals surface area contributed by atoms with Crippen LogP contribution in [0.2, 0.25) is 0 Å². The number of hydrogen-bond donors (Lipinski definition) is 2. The van der Waals surface area contributed by atoms with E-state index in [2.05, 4.69) is 0 Å². The molecule has 3 heteroatoms. The Morgan fingerprint density at radius 2 is 1.06 bits per heavy atom. The van der Waals surface area contributed by atoms with Gasteiger partial charge in [-0.15, -0.1) is 0 Å². The summed E-state index contributed by atoms with van der Waals surface area (Å²) in [4.78, 5) is 12.1. The highest BCUT2D eigenvalue weighted by atomic mass is 16.1. The minimum Gasteiger partial charge on any atom is -0.308 e. The Labute approximate surface area is 105 Å². The highest BCUT2D eigenvalue weighted by Crippen LogP contribution is 2.11. The Morgan fingerprint density at radius 3 is 1.33 bits per heavy atom. The van der Waals surface area contributed by atoms with Crippen LogP contribution in [0.4, 0.5) is 0 Å². The predicted molar refractivity (Wildman–Crippen MR) is 72.1 cm³/mol. The molecule has 0 aliphatic heterocycles. The summed E-state index contributed by atoms with van der Waals surface area (Å²) in [6, 6.07) is 13.8. The molecule has 0 aliphatic carbocycles. The van der Waals surface area contributed by atoms with Gasteiger partial charge in [-0.05, 0) is 11.1 Å². The van der Waals surface area contributed by atoms with E-state index in [9.17, 15) is 4.79 Å². The lowest BCUT2D eigenvalue weighted by Crippen LogP contribution is -2.01. The third-order valence-electron chi connectivity index (χ3n) is 2.68. The SMILES string of the molecule is N=Cc1ccc(C(=O)c2ccc(C=N)cc2)cc1. The molecule has 0 bridgehead atoms. The molecule has 0 amide bonds. The minimum absolute atomic E-state index is 0.0527. The Morgan fingerprint density at radius 1 is 0.722 bits per heavy atom. The van der Waals surface area contributed by atoms with Crippen molar-refractivity contribution in [3.05, 3.63) is 70.8 Å². The van der Waals surface area contributed by atoms with Crippen LogP contribution in [0.1, 0.15) is 27.0 Å². The quantitative estimate of drug-likeness (QED) is 0.622. The number of nitrogens with one attached hydrogen (secondary N) is 2. The van der Waals surface area contributed by atoms with Crippen molar-refractivity contribution in [1.82, 2.24) is 0 Å². The molecule has 0 atom stereocenters. The number of hydrogen-bond acceptors (Lipinski definition) is 3. The molecule has 3 nitrogen and oxygen atoms in total. The molecule has 88 valence electrons. The zero-order valence-electron chi connectivity index (χ0n) is 9.68. The molecule has 0 radical (unpaired) electrons. The summed E-state index contributed by atoms with van der Waals surface area (Å²) in [6.45, 7) is 0. The summed E-state index contributed by atoms with van der Waals surface area (Å²) in [5, 5.41) is 14.2. The number of rotatable bonds is 4. The summed E-state index contributed by atoms with van der Waals surface area (Å²) in [6.07, 6.45) is 2.49. The van der Waals surface area contributed by atoms with E-state index < -0.39 is 0 Å². The topological polar surface area (TPSA) is 64.8 Å². The van der Waals surface area contributed by atoms with Crippen molar-refractivity contribution >= 4 is 18.2 Å². The predicted octanol–water partition coefficient (Wildman–Crippen LogP) is 2.91. The van der Waals surface area contributed by atoms with Crippen LogP contribution in [-0.2, 0) is 0 Å². The van der Waals surface area contributed by atoms with E-state index in [-0.39, 0.29) is 5.78 Å². The average Bonchev–Trinajstić information content (AvgIpc) is 2.47. The van der Waals surface area contributed by atoms with Crippen molar-refractivity contribution < 1.29 is 4.79 Å². The van der Waals surface area contributed by atoms with Gasteiger partial charge < -0.3 is 10.8 Å². The fraction of sp³-hybridized carbons (Fsp3) is 0. The molecule has 2 rings (SSSR count). The van der Waals surface area contributed by atoms with Gasteiger partial charge >= 0.3 is 0 Å². The number of carbonyl (C=O) groups excluding carboxylic acids is 1. The highest BCUT2D eigenvalue weighted by molar-refractivity contribution is 6.09. The maximum absolute atomic E-state index is 12.1. The van der Waals surface area contributed by atoms with Crippen molar-refractivity contribution in [2.75, 3.05) is 0 Å². The van der Waals surface area contributed by atoms with Crippen LogP contribution >= 0.6 is 0 Å². The van der Waals surface area contributed by atoms with Gasteiger partial charge in [-0.2, -0.15) is 0 Å². The largest absolute Gasteiger partial charge is 0.308 e. The second-order valence-corrected chi connectivity index (χ2v) is 3.86. The minimum atomic E-state index is -0.0527. The molecule has 0 aliphatic rings. The first-order chi connectivity index (χ1) is 8.74. The third-order valence-corrected chi connectivity index (χ3v) is 2.68. The van der Waals surface area contributed by atoms with Crippen molar-refractivity contribution in [2.45, 2.75) is 0 Å². The van der Waals surface area contributed by atoms with E-state index in [1.807, 2.05) is 0 Å². The average molecular weight is 236 g/mol. The molecule has 18 heavy (non-hydrogen) atoms. The van der Waals surface area contributed by atoms with Gasteiger partial charge in [-0.3, -0.25) is 4.79 Å². The van der Waals surface area contributed by atoms with Gasteiger partial charge in [0, 0.05) is 23.6 Å². The summed E-state index contributed by atoms with van der Waals surface area (Å²) in [5.41, 5.74) is 2.74. The number of ketones is 1. The zero-order chi connectivity index (χ0) is 13.0. The molecule has 0 heterocycles. The molecule has 0 saturated heterocycles. The Balaban J connectivity index is 2.28. The van der Waals surface area contributed by atoms with Crippen molar-refractivity contribution in [1.29, 1.82) is 10.8 Å². The summed E-state index contributed by atoms with van der Waals surface area (Å²) in [7, 11) is 0. The van der Waals surface area contributed by atoms with E-state index in [0.29, 0.717) is 11.1 Å². The van der Waals surface area contributed by atoms with Crippen LogP contribution in [0.3, 0.4) is 0 Å². The fourth-order valence-electron chi connectivity index (χ4n) is 1.63. The molecule has 2 N–H and O–H groups in total. The zero-order valence-corrected chi connectivity index (χ0v) is 9.68. The molecule has 0 spiro atoms. The lowest BCUT2D eigenvalue weighted by molar-refractivity contribution is 0.103. The van der Waals surface area contributed by atoms with Gasteiger partial charge in [0.1, 0.15) is 0 Å². The van der Waals surface area contributed by atoms with E-state index >= 15 is 0 Å². The van der Waals surface area contributed by atoms with Crippen molar-refractivity contribution in [2.24, 2.45) is 0 Å². The number of benzene rings is 2. The van der Waals surface area contributed by atoms with Crippen LogP contribution < -0.4 is 0 Å². The molecular weight excluding hydrogens is 224 g/mol. The van der Waals surface area contributed by atoms with Crippen LogP contribution in [-0.4, -0.2) is 18.2 Å². The molecule has 0 unspecified atom stereocenters. The smallest absolute Gasteiger partial charge is 0.193 e. The van der Waals surface area contributed by atoms with Gasteiger partial charge in [0.25, 0.3) is 0 Å². The molecular formula is C15H12N2O. The lowest BCUT2D eigenvalue weighted by Gasteiger charge is -2.02. The first-order valence-electron chi connectivity index (χ1n) is 5.50. The molecule has 0 fully saturated rings. The van der Waals surface area contributed by atoms with Crippen molar-refractivity contribution in [3.8, 4) is 0 Å². The first-order valence-corrected chi connectivity index (χ1v) is 5.50. The van der Waals surface area contributed by atoms with Crippen molar-refractivity contribution in [3.63, 3.8) is 0 Å². The Hall–Kier alpha value is -2.55. The third kappa shape index (κ3) is 2.40. The number of carbonyl (C=O) groups is 1. The maximum Gasteiger partial charge on any atom is 0.193 e. The summed E-state index contributed by atoms with van der Waals surface area (Å²) < 4.78 is 0. The van der Waals surface area contributed by atoms with Gasteiger partial charge in [-0.1, -0.05) is 48.5 Å². The molecule has 2 aromatic rings. The van der Waals surface area contributed by atoms with E-state index in [4.69, 9.17) is 10.8 Å². The van der Waals surface area contributed by atoms with Gasteiger partial charge in [0.05, 0.1) is 0 Å². The molecule has 0 aromatic heterocycles. The summed E-state index contributed by atoms with van der Waals surface area (Å²) in [5.74, 6) is -0.0527. The van der Waals surface area contributed by atoms with Crippen LogP contribution in [0, 0.1) is 10.8 Å². The second kappa shape index (κ2) is 5.19. The maximum atomic E-state index is 12.1. The normalized spacial score (nSPS) is 9.78. The van der Waals surface area contributed by atoms with Crippen LogP contribution in [0.15, 0.2) is 48.5 Å². The van der Waals surface area contributed by atoms with Gasteiger partial charge in [0.15, 0.2) is 5.78 Å². The first kappa shape index (κ1) is 11.9. The van der Waals surface area contributed by atoms with E-state index in [0.717, 1.165) is 11.1 Å². The van der Waals surface area contributed by atoms with Gasteiger partial charge in [-0.25, -0.2) is 0 Å². The summed E-state index contributed by atoms with van der Waals surface area (Å²) >= 11 is 0. The Kier molecular flexibility index (Phi) is 3.44. The van der Waals surface area contributed by atoms with Gasteiger partial charge in [0.2, 0.25) is 0 Å². The standard InChI is InChI=1S/C15H12N2O/c16-9-11-1-5-13(6-2-11)15(18)14-7-3-12(10-17)4-8-14/h1-10,16-17H. The van der Waals surface area contributed by atoms with E-state index in [1.165, 1.54) is 12.4 Å².